The molecule has 0 radical (unpaired) electrons. The average molecular weight is 404 g/mol. The third-order valence-electron chi connectivity index (χ3n) is 4.80. The number of imidazole rings is 1. The van der Waals surface area contributed by atoms with Crippen molar-refractivity contribution in [1.82, 2.24) is 14.7 Å². The van der Waals surface area contributed by atoms with Gasteiger partial charge in [-0.3, -0.25) is 9.20 Å². The van der Waals surface area contributed by atoms with Crippen LogP contribution in [0, 0.1) is 11.3 Å². The molecule has 29 heavy (non-hydrogen) atoms. The summed E-state index contributed by atoms with van der Waals surface area (Å²) in [6.07, 6.45) is 2.30. The highest BCUT2D eigenvalue weighted by Crippen LogP contribution is 2.32. The number of hydrogen-bond acceptors (Lipinski definition) is 5. The maximum absolute atomic E-state index is 12.6. The number of benzene rings is 1. The third-order valence-corrected chi connectivity index (χ3v) is 5.91. The van der Waals surface area contributed by atoms with Gasteiger partial charge in [-0.15, -0.1) is 0 Å². The number of thioether (sulfide) groups is 1. The molecule has 0 aliphatic heterocycles. The van der Waals surface area contributed by atoms with Gasteiger partial charge in [-0.2, -0.15) is 5.26 Å². The molecule has 146 valence electrons. The van der Waals surface area contributed by atoms with Crippen molar-refractivity contribution < 1.29 is 9.21 Å². The van der Waals surface area contributed by atoms with Gasteiger partial charge in [0.05, 0.1) is 39.7 Å². The van der Waals surface area contributed by atoms with Crippen LogP contribution in [0.1, 0.15) is 30.7 Å². The number of rotatable bonds is 6. The summed E-state index contributed by atoms with van der Waals surface area (Å²) in [6.45, 7) is 4.24. The minimum Gasteiger partial charge on any atom is -0.467 e. The number of fused-ring (bicyclic) bond motifs is 3. The van der Waals surface area contributed by atoms with E-state index in [0.29, 0.717) is 23.5 Å². The summed E-state index contributed by atoms with van der Waals surface area (Å²) in [7, 11) is 0. The zero-order valence-corrected chi connectivity index (χ0v) is 17.0. The van der Waals surface area contributed by atoms with E-state index in [-0.39, 0.29) is 11.2 Å². The lowest BCUT2D eigenvalue weighted by atomic mass is 10.1. The molecule has 1 amide bonds. The van der Waals surface area contributed by atoms with Gasteiger partial charge in [0, 0.05) is 0 Å². The molecule has 1 atom stereocenters. The maximum atomic E-state index is 12.6. The van der Waals surface area contributed by atoms with Crippen LogP contribution in [-0.2, 0) is 17.8 Å². The molecule has 0 unspecified atom stereocenters. The van der Waals surface area contributed by atoms with Crippen molar-refractivity contribution in [2.45, 2.75) is 37.1 Å². The molecule has 0 saturated carbocycles. The number of pyridine rings is 1. The van der Waals surface area contributed by atoms with Gasteiger partial charge >= 0.3 is 0 Å². The number of aryl methyl sites for hydroxylation is 1. The van der Waals surface area contributed by atoms with Crippen molar-refractivity contribution in [3.05, 3.63) is 65.6 Å². The SMILES string of the molecule is CCc1cc(S[C@@H](C)C(=O)NCc2ccco2)n2c(nc3ccccc32)c1C#N. The quantitative estimate of drug-likeness (QED) is 0.484. The molecule has 0 bridgehead atoms. The zero-order valence-electron chi connectivity index (χ0n) is 16.2. The topological polar surface area (TPSA) is 83.3 Å². The van der Waals surface area contributed by atoms with Crippen molar-refractivity contribution in [1.29, 1.82) is 5.26 Å². The van der Waals surface area contributed by atoms with Crippen LogP contribution in [0.25, 0.3) is 16.7 Å². The largest absolute Gasteiger partial charge is 0.467 e. The Bertz CT molecular complexity index is 1220. The van der Waals surface area contributed by atoms with Gasteiger partial charge < -0.3 is 9.73 Å². The number of hydrogen-bond donors (Lipinski definition) is 1. The first-order valence-electron chi connectivity index (χ1n) is 9.42. The second-order valence-electron chi connectivity index (χ2n) is 6.66. The molecular formula is C22H20N4O2S. The van der Waals surface area contributed by atoms with Crippen molar-refractivity contribution >= 4 is 34.3 Å². The van der Waals surface area contributed by atoms with Gasteiger partial charge in [0.2, 0.25) is 5.91 Å². The predicted molar refractivity (Wildman–Crippen MR) is 113 cm³/mol. The standard InChI is InChI=1S/C22H20N4O2S/c1-3-15-11-20(29-14(2)22(27)24-13-16-7-6-10-28-16)26-19-9-5-4-8-18(19)25-21(26)17(15)12-23/h4-11,14H,3,13H2,1-2H3,(H,24,27)/t14-/m0/s1. The number of nitrogens with zero attached hydrogens (tertiary/aromatic N) is 3. The molecular weight excluding hydrogens is 384 g/mol. The molecule has 3 aromatic heterocycles. The highest BCUT2D eigenvalue weighted by Gasteiger charge is 2.21. The lowest BCUT2D eigenvalue weighted by molar-refractivity contribution is -0.120. The summed E-state index contributed by atoms with van der Waals surface area (Å²) in [5.74, 6) is 0.636. The van der Waals surface area contributed by atoms with E-state index in [4.69, 9.17) is 9.40 Å². The van der Waals surface area contributed by atoms with Crippen molar-refractivity contribution in [2.75, 3.05) is 0 Å². The molecule has 0 saturated heterocycles. The first kappa shape index (κ1) is 19.1. The Morgan fingerprint density at radius 2 is 2.17 bits per heavy atom. The van der Waals surface area contributed by atoms with Gasteiger partial charge in [0.25, 0.3) is 0 Å². The number of carbonyl (C=O) groups is 1. The number of nitrogens with one attached hydrogen (secondary N) is 1. The average Bonchev–Trinajstić information content (AvgIpc) is 3.39. The van der Waals surface area contributed by atoms with E-state index in [0.717, 1.165) is 28.0 Å². The number of carbonyl (C=O) groups excluding carboxylic acids is 1. The Hall–Kier alpha value is -3.24. The van der Waals surface area contributed by atoms with Gasteiger partial charge in [0.15, 0.2) is 5.65 Å². The smallest absolute Gasteiger partial charge is 0.233 e. The predicted octanol–water partition coefficient (Wildman–Crippen LogP) is 4.31. The molecule has 1 aromatic carbocycles. The maximum Gasteiger partial charge on any atom is 0.233 e. The van der Waals surface area contributed by atoms with E-state index >= 15 is 0 Å². The highest BCUT2D eigenvalue weighted by molar-refractivity contribution is 8.00. The highest BCUT2D eigenvalue weighted by atomic mass is 32.2. The summed E-state index contributed by atoms with van der Waals surface area (Å²) in [6, 6.07) is 15.7. The fourth-order valence-electron chi connectivity index (χ4n) is 3.30. The van der Waals surface area contributed by atoms with Gasteiger partial charge in [-0.25, -0.2) is 4.98 Å². The number of furan rings is 1. The number of para-hydroxylation sites is 2. The number of nitriles is 1. The second kappa shape index (κ2) is 8.02. The van der Waals surface area contributed by atoms with Gasteiger partial charge in [0.1, 0.15) is 11.8 Å². The van der Waals surface area contributed by atoms with Crippen LogP contribution in [0.15, 0.2) is 58.2 Å². The van der Waals surface area contributed by atoms with Crippen LogP contribution in [0.5, 0.6) is 0 Å². The zero-order chi connectivity index (χ0) is 20.4. The molecule has 0 fully saturated rings. The Balaban J connectivity index is 1.70. The van der Waals surface area contributed by atoms with Crippen LogP contribution in [0.4, 0.5) is 0 Å². The molecule has 7 heteroatoms. The molecule has 0 spiro atoms. The summed E-state index contributed by atoms with van der Waals surface area (Å²) in [5.41, 5.74) is 3.91. The molecule has 3 heterocycles. The van der Waals surface area contributed by atoms with Crippen LogP contribution in [0.2, 0.25) is 0 Å². The summed E-state index contributed by atoms with van der Waals surface area (Å²) in [4.78, 5) is 17.3. The summed E-state index contributed by atoms with van der Waals surface area (Å²) >= 11 is 1.46. The van der Waals surface area contributed by atoms with E-state index in [9.17, 15) is 10.1 Å². The minimum absolute atomic E-state index is 0.0774. The van der Waals surface area contributed by atoms with Crippen LogP contribution in [-0.4, -0.2) is 20.5 Å². The van der Waals surface area contributed by atoms with E-state index in [1.165, 1.54) is 11.8 Å². The lowest BCUT2D eigenvalue weighted by Gasteiger charge is -2.15. The molecule has 4 aromatic rings. The van der Waals surface area contributed by atoms with Gasteiger partial charge in [-0.05, 0) is 49.2 Å². The summed E-state index contributed by atoms with van der Waals surface area (Å²) < 4.78 is 7.25. The fraction of sp³-hybridized carbons (Fsp3) is 0.227. The van der Waals surface area contributed by atoms with E-state index < -0.39 is 0 Å². The van der Waals surface area contributed by atoms with Crippen molar-refractivity contribution in [3.63, 3.8) is 0 Å². The van der Waals surface area contributed by atoms with Crippen LogP contribution >= 0.6 is 11.8 Å². The first-order valence-corrected chi connectivity index (χ1v) is 10.3. The van der Waals surface area contributed by atoms with E-state index in [1.54, 1.807) is 12.3 Å². The van der Waals surface area contributed by atoms with Crippen molar-refractivity contribution in [3.8, 4) is 6.07 Å². The monoisotopic (exact) mass is 404 g/mol. The van der Waals surface area contributed by atoms with E-state index in [1.807, 2.05) is 54.6 Å². The van der Waals surface area contributed by atoms with E-state index in [2.05, 4.69) is 11.4 Å². The molecule has 4 rings (SSSR count). The van der Waals surface area contributed by atoms with Gasteiger partial charge in [-0.1, -0.05) is 30.8 Å². The van der Waals surface area contributed by atoms with Crippen LogP contribution in [0.3, 0.4) is 0 Å². The lowest BCUT2D eigenvalue weighted by Crippen LogP contribution is -2.30. The third kappa shape index (κ3) is 3.59. The Morgan fingerprint density at radius 1 is 1.34 bits per heavy atom. The second-order valence-corrected chi connectivity index (χ2v) is 8.03. The molecule has 6 nitrogen and oxygen atoms in total. The van der Waals surface area contributed by atoms with Crippen molar-refractivity contribution in [2.24, 2.45) is 0 Å². The molecule has 0 aliphatic carbocycles. The Labute approximate surface area is 172 Å². The Kier molecular flexibility index (Phi) is 5.28. The normalized spacial score (nSPS) is 12.2. The molecule has 1 N–H and O–H groups in total. The molecule has 0 aliphatic rings. The first-order chi connectivity index (χ1) is 14.1. The fourth-order valence-corrected chi connectivity index (χ4v) is 4.35. The van der Waals surface area contributed by atoms with Crippen LogP contribution < -0.4 is 5.32 Å². The Morgan fingerprint density at radius 3 is 2.90 bits per heavy atom. The number of amides is 1. The number of aromatic nitrogens is 2. The minimum atomic E-state index is -0.327. The summed E-state index contributed by atoms with van der Waals surface area (Å²) in [5, 5.41) is 13.2.